The molecular weight excluding hydrogens is 244 g/mol. The summed E-state index contributed by atoms with van der Waals surface area (Å²) in [4.78, 5) is 11.2. The maximum atomic E-state index is 11.2. The summed E-state index contributed by atoms with van der Waals surface area (Å²) in [5.41, 5.74) is 1.72. The lowest BCUT2D eigenvalue weighted by atomic mass is 10.1. The summed E-state index contributed by atoms with van der Waals surface area (Å²) >= 11 is 0. The van der Waals surface area contributed by atoms with Crippen LogP contribution < -0.4 is 10.6 Å². The highest BCUT2D eigenvalue weighted by Crippen LogP contribution is 2.19. The quantitative estimate of drug-likeness (QED) is 0.881. The van der Waals surface area contributed by atoms with Gasteiger partial charge < -0.3 is 14.8 Å². The van der Waals surface area contributed by atoms with Gasteiger partial charge in [-0.1, -0.05) is 6.07 Å². The van der Waals surface area contributed by atoms with E-state index >= 15 is 0 Å². The van der Waals surface area contributed by atoms with Gasteiger partial charge in [0.1, 0.15) is 0 Å². The molecule has 1 aromatic carbocycles. The normalized spacial score (nSPS) is 19.3. The van der Waals surface area contributed by atoms with E-state index < -0.39 is 6.09 Å². The van der Waals surface area contributed by atoms with Gasteiger partial charge in [0, 0.05) is 30.6 Å². The van der Waals surface area contributed by atoms with Gasteiger partial charge in [0.2, 0.25) is 0 Å². The van der Waals surface area contributed by atoms with Gasteiger partial charge >= 0.3 is 6.09 Å². The summed E-state index contributed by atoms with van der Waals surface area (Å²) in [5, 5.41) is 6.14. The third-order valence-corrected chi connectivity index (χ3v) is 3.12. The second-order valence-corrected chi connectivity index (χ2v) is 4.58. The van der Waals surface area contributed by atoms with Crippen LogP contribution in [0.5, 0.6) is 0 Å². The summed E-state index contributed by atoms with van der Waals surface area (Å²) < 4.78 is 10.0. The van der Waals surface area contributed by atoms with E-state index in [0.29, 0.717) is 6.04 Å². The third kappa shape index (κ3) is 4.44. The van der Waals surface area contributed by atoms with Crippen LogP contribution in [0.25, 0.3) is 0 Å². The van der Waals surface area contributed by atoms with Crippen molar-refractivity contribution in [2.24, 2.45) is 0 Å². The van der Waals surface area contributed by atoms with E-state index in [2.05, 4.69) is 15.4 Å². The molecule has 0 bridgehead atoms. The van der Waals surface area contributed by atoms with Crippen molar-refractivity contribution in [3.8, 4) is 0 Å². The molecule has 1 unspecified atom stereocenters. The van der Waals surface area contributed by atoms with Crippen molar-refractivity contribution >= 4 is 17.5 Å². The summed E-state index contributed by atoms with van der Waals surface area (Å²) in [6, 6.07) is 8.06. The van der Waals surface area contributed by atoms with Gasteiger partial charge in [0.05, 0.1) is 7.11 Å². The van der Waals surface area contributed by atoms with Crippen LogP contribution in [0, 0.1) is 0 Å². The smallest absolute Gasteiger partial charge is 0.411 e. The molecule has 104 valence electrons. The van der Waals surface area contributed by atoms with Crippen LogP contribution in [0.15, 0.2) is 24.3 Å². The van der Waals surface area contributed by atoms with Crippen LogP contribution in [0.1, 0.15) is 19.3 Å². The van der Waals surface area contributed by atoms with E-state index in [-0.39, 0.29) is 0 Å². The zero-order valence-electron chi connectivity index (χ0n) is 11.1. The number of benzene rings is 1. The molecule has 1 amide bonds. The van der Waals surface area contributed by atoms with Crippen molar-refractivity contribution < 1.29 is 14.3 Å². The summed E-state index contributed by atoms with van der Waals surface area (Å²) in [5.74, 6) is 0. The molecule has 0 aromatic heterocycles. The van der Waals surface area contributed by atoms with Crippen molar-refractivity contribution in [1.82, 2.24) is 0 Å². The molecule has 0 spiro atoms. The predicted octanol–water partition coefficient (Wildman–Crippen LogP) is 2.85. The molecule has 19 heavy (non-hydrogen) atoms. The van der Waals surface area contributed by atoms with Crippen molar-refractivity contribution in [1.29, 1.82) is 0 Å². The van der Waals surface area contributed by atoms with Gasteiger partial charge in [-0.3, -0.25) is 5.32 Å². The molecule has 2 N–H and O–H groups in total. The second-order valence-electron chi connectivity index (χ2n) is 4.58. The Bertz CT molecular complexity index is 415. The molecule has 0 saturated carbocycles. The Hall–Kier alpha value is -1.75. The van der Waals surface area contributed by atoms with Crippen LogP contribution in [-0.2, 0) is 9.47 Å². The van der Waals surface area contributed by atoms with Gasteiger partial charge in [-0.15, -0.1) is 0 Å². The zero-order valence-corrected chi connectivity index (χ0v) is 11.1. The van der Waals surface area contributed by atoms with E-state index in [4.69, 9.17) is 4.74 Å². The monoisotopic (exact) mass is 264 g/mol. The summed E-state index contributed by atoms with van der Waals surface area (Å²) in [7, 11) is 1.35. The number of nitrogens with one attached hydrogen (secondary N) is 2. The number of methoxy groups -OCH3 is 1. The third-order valence-electron chi connectivity index (χ3n) is 3.12. The largest absolute Gasteiger partial charge is 0.453 e. The number of anilines is 2. The number of hydrogen-bond donors (Lipinski definition) is 2. The van der Waals surface area contributed by atoms with Crippen molar-refractivity contribution in [2.45, 2.75) is 25.3 Å². The average Bonchev–Trinajstić information content (AvgIpc) is 2.67. The molecule has 1 atom stereocenters. The Labute approximate surface area is 113 Å². The molecule has 5 heteroatoms. The molecular formula is C14H20N2O3. The van der Waals surface area contributed by atoms with Gasteiger partial charge in [0.25, 0.3) is 0 Å². The first-order chi connectivity index (χ1) is 9.28. The SMILES string of the molecule is COC(=O)Nc1cccc(NC2CCCOCC2)c1. The molecule has 0 radical (unpaired) electrons. The Morgan fingerprint density at radius 3 is 3.00 bits per heavy atom. The Morgan fingerprint density at radius 2 is 2.16 bits per heavy atom. The molecule has 2 rings (SSSR count). The number of rotatable bonds is 3. The number of carbonyl (C=O) groups is 1. The van der Waals surface area contributed by atoms with Gasteiger partial charge in [0.15, 0.2) is 0 Å². The summed E-state index contributed by atoms with van der Waals surface area (Å²) in [6.07, 6.45) is 2.74. The lowest BCUT2D eigenvalue weighted by Gasteiger charge is -2.17. The minimum Gasteiger partial charge on any atom is -0.453 e. The molecule has 5 nitrogen and oxygen atoms in total. The van der Waals surface area contributed by atoms with E-state index in [0.717, 1.165) is 43.9 Å². The number of amides is 1. The van der Waals surface area contributed by atoms with Crippen LogP contribution in [-0.4, -0.2) is 32.5 Å². The first-order valence-corrected chi connectivity index (χ1v) is 6.57. The molecule has 1 saturated heterocycles. The van der Waals surface area contributed by atoms with Crippen LogP contribution in [0.4, 0.5) is 16.2 Å². The van der Waals surface area contributed by atoms with E-state index in [1.54, 1.807) is 0 Å². The van der Waals surface area contributed by atoms with Gasteiger partial charge in [-0.25, -0.2) is 4.79 Å². The fraction of sp³-hybridized carbons (Fsp3) is 0.500. The van der Waals surface area contributed by atoms with E-state index in [1.165, 1.54) is 7.11 Å². The minimum atomic E-state index is -0.458. The van der Waals surface area contributed by atoms with Crippen LogP contribution in [0.2, 0.25) is 0 Å². The second kappa shape index (κ2) is 6.99. The summed E-state index contributed by atoms with van der Waals surface area (Å²) in [6.45, 7) is 1.65. The van der Waals surface area contributed by atoms with Crippen molar-refractivity contribution in [3.05, 3.63) is 24.3 Å². The number of hydrogen-bond acceptors (Lipinski definition) is 4. The lowest BCUT2D eigenvalue weighted by Crippen LogP contribution is -2.19. The molecule has 1 aliphatic rings. The fourth-order valence-corrected chi connectivity index (χ4v) is 2.14. The van der Waals surface area contributed by atoms with Crippen molar-refractivity contribution in [2.75, 3.05) is 31.0 Å². The standard InChI is InChI=1S/C14H20N2O3/c1-18-14(17)16-13-5-2-4-12(10-13)15-11-6-3-8-19-9-7-11/h2,4-5,10-11,15H,3,6-9H2,1H3,(H,16,17). The first-order valence-electron chi connectivity index (χ1n) is 6.57. The lowest BCUT2D eigenvalue weighted by molar-refractivity contribution is 0.144. The maximum Gasteiger partial charge on any atom is 0.411 e. The molecule has 1 fully saturated rings. The predicted molar refractivity (Wildman–Crippen MR) is 74.6 cm³/mol. The Balaban J connectivity index is 1.95. The van der Waals surface area contributed by atoms with E-state index in [1.807, 2.05) is 24.3 Å². The Kier molecular flexibility index (Phi) is 5.03. The maximum absolute atomic E-state index is 11.2. The first kappa shape index (κ1) is 13.7. The number of ether oxygens (including phenoxy) is 2. The average molecular weight is 264 g/mol. The highest BCUT2D eigenvalue weighted by atomic mass is 16.5. The molecule has 0 aliphatic carbocycles. The number of carbonyl (C=O) groups excluding carboxylic acids is 1. The van der Waals surface area contributed by atoms with Crippen LogP contribution >= 0.6 is 0 Å². The van der Waals surface area contributed by atoms with Crippen molar-refractivity contribution in [3.63, 3.8) is 0 Å². The van der Waals surface area contributed by atoms with E-state index in [9.17, 15) is 4.79 Å². The minimum absolute atomic E-state index is 0.427. The van der Waals surface area contributed by atoms with Gasteiger partial charge in [-0.05, 0) is 37.5 Å². The van der Waals surface area contributed by atoms with Crippen LogP contribution in [0.3, 0.4) is 0 Å². The highest BCUT2D eigenvalue weighted by Gasteiger charge is 2.12. The molecule has 1 aromatic rings. The molecule has 1 heterocycles. The topological polar surface area (TPSA) is 59.6 Å². The Morgan fingerprint density at radius 1 is 1.32 bits per heavy atom. The highest BCUT2D eigenvalue weighted by molar-refractivity contribution is 5.85. The molecule has 1 aliphatic heterocycles. The fourth-order valence-electron chi connectivity index (χ4n) is 2.14. The van der Waals surface area contributed by atoms with Gasteiger partial charge in [-0.2, -0.15) is 0 Å². The zero-order chi connectivity index (χ0) is 13.5.